The summed E-state index contributed by atoms with van der Waals surface area (Å²) in [6.07, 6.45) is 5.95. The van der Waals surface area contributed by atoms with Crippen LogP contribution in [0.5, 0.6) is 0 Å². The maximum Gasteiger partial charge on any atom is 0.332 e. The average Bonchev–Trinajstić information content (AvgIpc) is 3.24. The number of fused-ring (bicyclic) bond motifs is 1. The van der Waals surface area contributed by atoms with Crippen LogP contribution in [-0.2, 0) is 34.9 Å². The Morgan fingerprint density at radius 3 is 2.75 bits per heavy atom. The van der Waals surface area contributed by atoms with E-state index >= 15 is 0 Å². The van der Waals surface area contributed by atoms with E-state index in [1.165, 1.54) is 17.7 Å². The number of hydrogen-bond donors (Lipinski definition) is 2. The molecule has 0 saturated carbocycles. The monoisotopic (exact) mass is 439 g/mol. The molecule has 1 atom stereocenters. The molecule has 4 rings (SSSR count). The number of benzene rings is 1. The number of nitrogens with zero attached hydrogens (tertiary/aromatic N) is 3. The molecule has 3 heterocycles. The van der Waals surface area contributed by atoms with Gasteiger partial charge >= 0.3 is 5.69 Å². The van der Waals surface area contributed by atoms with E-state index in [0.717, 1.165) is 35.0 Å². The third-order valence-corrected chi connectivity index (χ3v) is 5.35. The maximum absolute atomic E-state index is 12.3. The molecule has 10 heteroatoms. The van der Waals surface area contributed by atoms with Crippen molar-refractivity contribution >= 4 is 23.1 Å². The summed E-state index contributed by atoms with van der Waals surface area (Å²) in [6.45, 7) is 0.644. The number of aryl methyl sites for hydroxylation is 1. The second-order valence-electron chi connectivity index (χ2n) is 7.72. The lowest BCUT2D eigenvalue weighted by atomic mass is 10.1. The number of hydroxylamine groups is 1. The number of carbonyl (C=O) groups excluding carboxylic acids is 1. The molecule has 1 unspecified atom stereocenters. The summed E-state index contributed by atoms with van der Waals surface area (Å²) in [4.78, 5) is 49.0. The third-order valence-electron chi connectivity index (χ3n) is 5.35. The molecule has 1 aliphatic heterocycles. The van der Waals surface area contributed by atoms with Crippen LogP contribution in [-0.4, -0.2) is 37.9 Å². The Kier molecular flexibility index (Phi) is 6.33. The summed E-state index contributed by atoms with van der Waals surface area (Å²) in [5, 5.41) is 0. The number of imidazole rings is 1. The van der Waals surface area contributed by atoms with Crippen LogP contribution >= 0.6 is 0 Å². The molecule has 0 radical (unpaired) electrons. The molecule has 1 aromatic carbocycles. The van der Waals surface area contributed by atoms with Crippen molar-refractivity contribution in [1.82, 2.24) is 24.6 Å². The normalized spacial score (nSPS) is 16.6. The molecule has 2 N–H and O–H groups in total. The first kappa shape index (κ1) is 21.7. The van der Waals surface area contributed by atoms with Crippen LogP contribution in [0.25, 0.3) is 17.2 Å². The van der Waals surface area contributed by atoms with Gasteiger partial charge in [0.1, 0.15) is 11.3 Å². The fraction of sp³-hybridized carbons (Fsp3) is 0.364. The Morgan fingerprint density at radius 1 is 1.25 bits per heavy atom. The van der Waals surface area contributed by atoms with Crippen molar-refractivity contribution in [3.8, 4) is 0 Å². The van der Waals surface area contributed by atoms with Crippen LogP contribution in [0.1, 0.15) is 36.2 Å². The van der Waals surface area contributed by atoms with E-state index in [1.54, 1.807) is 13.1 Å². The maximum atomic E-state index is 12.3. The highest BCUT2D eigenvalue weighted by molar-refractivity contribution is 5.90. The first-order valence-electron chi connectivity index (χ1n) is 10.4. The standard InChI is InChI=1S/C22H25N5O5/c1-26-20-19(21(29)27(2)22(26)30)23-16(24-20)13-15-8-6-14(7-9-15)10-11-17(28)25-32-18-5-3-4-12-31-18/h6-11,18H,3-5,12-13H2,1-2H3,(H,23,24)(H,25,28). The number of carbonyl (C=O) groups is 1. The second kappa shape index (κ2) is 9.33. The lowest BCUT2D eigenvalue weighted by molar-refractivity contribution is -0.198. The first-order valence-corrected chi connectivity index (χ1v) is 10.4. The minimum atomic E-state index is -0.419. The summed E-state index contributed by atoms with van der Waals surface area (Å²) in [7, 11) is 3.02. The summed E-state index contributed by atoms with van der Waals surface area (Å²) in [6, 6.07) is 7.58. The van der Waals surface area contributed by atoms with Gasteiger partial charge in [-0.1, -0.05) is 24.3 Å². The Balaban J connectivity index is 1.38. The number of ether oxygens (including phenoxy) is 1. The van der Waals surface area contributed by atoms with Crippen molar-refractivity contribution in [2.45, 2.75) is 32.0 Å². The van der Waals surface area contributed by atoms with E-state index in [1.807, 2.05) is 24.3 Å². The van der Waals surface area contributed by atoms with Crippen LogP contribution in [0.3, 0.4) is 0 Å². The van der Waals surface area contributed by atoms with E-state index < -0.39 is 11.2 Å². The van der Waals surface area contributed by atoms with Crippen LogP contribution in [0, 0.1) is 0 Å². The van der Waals surface area contributed by atoms with E-state index in [2.05, 4.69) is 15.4 Å². The number of aromatic amines is 1. The van der Waals surface area contributed by atoms with Gasteiger partial charge in [0.2, 0.25) is 0 Å². The van der Waals surface area contributed by atoms with Gasteiger partial charge in [-0.05, 0) is 30.0 Å². The molecule has 1 fully saturated rings. The minimum Gasteiger partial charge on any atom is -0.350 e. The largest absolute Gasteiger partial charge is 0.350 e. The van der Waals surface area contributed by atoms with Crippen molar-refractivity contribution < 1.29 is 14.4 Å². The lowest BCUT2D eigenvalue weighted by Gasteiger charge is -2.21. The smallest absolute Gasteiger partial charge is 0.332 e. The van der Waals surface area contributed by atoms with Gasteiger partial charge in [-0.25, -0.2) is 20.1 Å². The Morgan fingerprint density at radius 2 is 2.03 bits per heavy atom. The fourth-order valence-corrected chi connectivity index (χ4v) is 3.53. The Hall–Kier alpha value is -3.50. The number of nitrogens with one attached hydrogen (secondary N) is 2. The summed E-state index contributed by atoms with van der Waals surface area (Å²) in [5.74, 6) is 0.223. The van der Waals surface area contributed by atoms with Gasteiger partial charge in [-0.15, -0.1) is 0 Å². The first-order chi connectivity index (χ1) is 15.4. The van der Waals surface area contributed by atoms with E-state index in [0.29, 0.717) is 30.0 Å². The zero-order chi connectivity index (χ0) is 22.7. The molecule has 10 nitrogen and oxygen atoms in total. The number of aromatic nitrogens is 4. The molecule has 3 aromatic rings. The number of amides is 1. The van der Waals surface area contributed by atoms with Gasteiger partial charge in [0.15, 0.2) is 11.9 Å². The van der Waals surface area contributed by atoms with Crippen LogP contribution in [0.2, 0.25) is 0 Å². The van der Waals surface area contributed by atoms with Crippen LogP contribution < -0.4 is 16.7 Å². The van der Waals surface area contributed by atoms with Crippen LogP contribution in [0.15, 0.2) is 39.9 Å². The van der Waals surface area contributed by atoms with Crippen molar-refractivity contribution in [3.63, 3.8) is 0 Å². The summed E-state index contributed by atoms with van der Waals surface area (Å²) >= 11 is 0. The van der Waals surface area contributed by atoms with Gasteiger partial charge in [-0.3, -0.25) is 18.7 Å². The van der Waals surface area contributed by atoms with Crippen molar-refractivity contribution in [2.24, 2.45) is 14.1 Å². The average molecular weight is 439 g/mol. The Labute approximate surface area is 183 Å². The molecular formula is C22H25N5O5. The Bertz CT molecular complexity index is 1260. The van der Waals surface area contributed by atoms with Crippen LogP contribution in [0.4, 0.5) is 0 Å². The SMILES string of the molecule is Cn1c(=O)c2[nH]c(Cc3ccc(C=CC(=O)NOC4CCCCO4)cc3)nc2n(C)c1=O. The summed E-state index contributed by atoms with van der Waals surface area (Å²) < 4.78 is 7.79. The lowest BCUT2D eigenvalue weighted by Crippen LogP contribution is -2.36. The predicted molar refractivity (Wildman–Crippen MR) is 118 cm³/mol. The van der Waals surface area contributed by atoms with Gasteiger partial charge in [-0.2, -0.15) is 0 Å². The molecule has 1 aliphatic rings. The minimum absolute atomic E-state index is 0.302. The van der Waals surface area contributed by atoms with E-state index in [9.17, 15) is 14.4 Å². The molecular weight excluding hydrogens is 414 g/mol. The van der Waals surface area contributed by atoms with Crippen molar-refractivity contribution in [3.05, 3.63) is 68.1 Å². The van der Waals surface area contributed by atoms with E-state index in [-0.39, 0.29) is 12.2 Å². The van der Waals surface area contributed by atoms with Gasteiger partial charge in [0.05, 0.1) is 0 Å². The summed E-state index contributed by atoms with van der Waals surface area (Å²) in [5.41, 5.74) is 4.00. The highest BCUT2D eigenvalue weighted by atomic mass is 16.8. The number of hydrogen-bond acceptors (Lipinski definition) is 6. The molecule has 0 bridgehead atoms. The van der Waals surface area contributed by atoms with Crippen molar-refractivity contribution in [1.29, 1.82) is 0 Å². The molecule has 0 aliphatic carbocycles. The molecule has 1 amide bonds. The van der Waals surface area contributed by atoms with Gasteiger partial charge < -0.3 is 9.72 Å². The molecule has 168 valence electrons. The van der Waals surface area contributed by atoms with Crippen molar-refractivity contribution in [2.75, 3.05) is 6.61 Å². The topological polar surface area (TPSA) is 120 Å². The number of rotatable bonds is 6. The second-order valence-corrected chi connectivity index (χ2v) is 7.72. The zero-order valence-electron chi connectivity index (χ0n) is 18.0. The molecule has 1 saturated heterocycles. The highest BCUT2D eigenvalue weighted by Crippen LogP contribution is 2.13. The number of H-pyrrole nitrogens is 1. The quantitative estimate of drug-likeness (QED) is 0.439. The third kappa shape index (κ3) is 4.71. The zero-order valence-corrected chi connectivity index (χ0v) is 18.0. The molecule has 32 heavy (non-hydrogen) atoms. The highest BCUT2D eigenvalue weighted by Gasteiger charge is 2.15. The molecule has 2 aromatic heterocycles. The molecule has 0 spiro atoms. The van der Waals surface area contributed by atoms with Gasteiger partial charge in [0, 0.05) is 39.6 Å². The fourth-order valence-electron chi connectivity index (χ4n) is 3.53. The predicted octanol–water partition coefficient (Wildman–Crippen LogP) is 1.14. The van der Waals surface area contributed by atoms with Gasteiger partial charge in [0.25, 0.3) is 11.5 Å². The van der Waals surface area contributed by atoms with E-state index in [4.69, 9.17) is 9.57 Å².